The van der Waals surface area contributed by atoms with Gasteiger partial charge in [0.15, 0.2) is 12.2 Å². The van der Waals surface area contributed by atoms with Crippen molar-refractivity contribution in [1.29, 1.82) is 0 Å². The molecule has 0 amide bonds. The smallest absolute Gasteiger partial charge is 0.181 e. The SMILES string of the molecule is Cn1ncc(-c2ocnc2CCl)c1Br. The monoisotopic (exact) mass is 275 g/mol. The minimum Gasteiger partial charge on any atom is -0.443 e. The van der Waals surface area contributed by atoms with Crippen LogP contribution in [0.25, 0.3) is 11.3 Å². The molecule has 0 aliphatic carbocycles. The Morgan fingerprint density at radius 1 is 1.64 bits per heavy atom. The molecule has 2 aromatic heterocycles. The Labute approximate surface area is 94.0 Å². The number of hydrogen-bond acceptors (Lipinski definition) is 3. The third kappa shape index (κ3) is 1.46. The second kappa shape index (κ2) is 3.74. The molecule has 0 atom stereocenters. The quantitative estimate of drug-likeness (QED) is 0.792. The van der Waals surface area contributed by atoms with Crippen molar-refractivity contribution in [1.82, 2.24) is 14.8 Å². The Morgan fingerprint density at radius 2 is 2.43 bits per heavy atom. The predicted octanol–water partition coefficient (Wildman–Crippen LogP) is 2.58. The molecular weight excluding hydrogens is 269 g/mol. The van der Waals surface area contributed by atoms with Crippen molar-refractivity contribution in [2.75, 3.05) is 0 Å². The summed E-state index contributed by atoms with van der Waals surface area (Å²) in [5.74, 6) is 0.993. The highest BCUT2D eigenvalue weighted by Crippen LogP contribution is 2.30. The lowest BCUT2D eigenvalue weighted by atomic mass is 10.2. The van der Waals surface area contributed by atoms with E-state index in [0.29, 0.717) is 11.6 Å². The Balaban J connectivity index is 2.54. The predicted molar refractivity (Wildman–Crippen MR) is 56.0 cm³/mol. The van der Waals surface area contributed by atoms with Gasteiger partial charge in [0.2, 0.25) is 0 Å². The number of hydrogen-bond donors (Lipinski definition) is 0. The minimum absolute atomic E-state index is 0.327. The molecule has 0 aliphatic heterocycles. The van der Waals surface area contributed by atoms with Gasteiger partial charge in [-0.05, 0) is 15.9 Å². The van der Waals surface area contributed by atoms with Crippen molar-refractivity contribution >= 4 is 27.5 Å². The third-order valence-electron chi connectivity index (χ3n) is 1.88. The van der Waals surface area contributed by atoms with Crippen LogP contribution in [0.4, 0.5) is 0 Å². The molecule has 6 heteroatoms. The van der Waals surface area contributed by atoms with Crippen LogP contribution in [0, 0.1) is 0 Å². The van der Waals surface area contributed by atoms with Crippen molar-refractivity contribution in [3.63, 3.8) is 0 Å². The van der Waals surface area contributed by atoms with Crippen molar-refractivity contribution in [2.24, 2.45) is 7.05 Å². The normalized spacial score (nSPS) is 10.8. The molecule has 0 aliphatic rings. The van der Waals surface area contributed by atoms with Gasteiger partial charge in [-0.25, -0.2) is 4.98 Å². The van der Waals surface area contributed by atoms with Crippen LogP contribution in [0.5, 0.6) is 0 Å². The largest absolute Gasteiger partial charge is 0.443 e. The van der Waals surface area contributed by atoms with E-state index in [4.69, 9.17) is 16.0 Å². The van der Waals surface area contributed by atoms with E-state index in [-0.39, 0.29) is 0 Å². The van der Waals surface area contributed by atoms with Crippen molar-refractivity contribution in [3.05, 3.63) is 22.9 Å². The van der Waals surface area contributed by atoms with Gasteiger partial charge in [0, 0.05) is 7.05 Å². The molecule has 0 N–H and O–H groups in total. The molecule has 0 bridgehead atoms. The third-order valence-corrected chi connectivity index (χ3v) is 3.07. The molecule has 2 aromatic rings. The van der Waals surface area contributed by atoms with E-state index in [9.17, 15) is 0 Å². The minimum atomic E-state index is 0.327. The van der Waals surface area contributed by atoms with Crippen LogP contribution in [0.15, 0.2) is 21.6 Å². The number of nitrogens with zero attached hydrogens (tertiary/aromatic N) is 3. The van der Waals surface area contributed by atoms with Gasteiger partial charge in [-0.2, -0.15) is 5.10 Å². The molecule has 74 valence electrons. The lowest BCUT2D eigenvalue weighted by Gasteiger charge is -1.96. The summed E-state index contributed by atoms with van der Waals surface area (Å²) in [7, 11) is 1.84. The molecule has 0 unspecified atom stereocenters. The summed E-state index contributed by atoms with van der Waals surface area (Å²) in [6.45, 7) is 0. The maximum Gasteiger partial charge on any atom is 0.181 e. The van der Waals surface area contributed by atoms with E-state index in [0.717, 1.165) is 15.9 Å². The molecule has 0 saturated carbocycles. The molecular formula is C8H7BrClN3O. The van der Waals surface area contributed by atoms with Crippen LogP contribution in [-0.2, 0) is 12.9 Å². The molecule has 0 saturated heterocycles. The number of aryl methyl sites for hydroxylation is 1. The number of aromatic nitrogens is 3. The zero-order valence-corrected chi connectivity index (χ0v) is 9.71. The zero-order valence-electron chi connectivity index (χ0n) is 7.37. The maximum atomic E-state index is 5.72. The Kier molecular flexibility index (Phi) is 2.60. The first-order valence-electron chi connectivity index (χ1n) is 3.90. The zero-order chi connectivity index (χ0) is 10.1. The van der Waals surface area contributed by atoms with Gasteiger partial charge < -0.3 is 4.42 Å². The van der Waals surface area contributed by atoms with Crippen LogP contribution in [0.2, 0.25) is 0 Å². The van der Waals surface area contributed by atoms with E-state index < -0.39 is 0 Å². The summed E-state index contributed by atoms with van der Waals surface area (Å²) in [5.41, 5.74) is 1.58. The Morgan fingerprint density at radius 3 is 3.00 bits per heavy atom. The molecule has 0 radical (unpaired) electrons. The molecule has 2 rings (SSSR count). The lowest BCUT2D eigenvalue weighted by Crippen LogP contribution is -1.89. The van der Waals surface area contributed by atoms with Crippen LogP contribution >= 0.6 is 27.5 Å². The van der Waals surface area contributed by atoms with Gasteiger partial charge in [-0.1, -0.05) is 0 Å². The van der Waals surface area contributed by atoms with Crippen LogP contribution in [0.3, 0.4) is 0 Å². The van der Waals surface area contributed by atoms with Crippen LogP contribution in [-0.4, -0.2) is 14.8 Å². The average molecular weight is 277 g/mol. The van der Waals surface area contributed by atoms with Gasteiger partial charge in [0.05, 0.1) is 17.6 Å². The highest BCUT2D eigenvalue weighted by molar-refractivity contribution is 9.10. The highest BCUT2D eigenvalue weighted by Gasteiger charge is 2.15. The summed E-state index contributed by atoms with van der Waals surface area (Å²) >= 11 is 9.12. The highest BCUT2D eigenvalue weighted by atomic mass is 79.9. The van der Waals surface area contributed by atoms with E-state index >= 15 is 0 Å². The first-order chi connectivity index (χ1) is 6.74. The fraction of sp³-hybridized carbons (Fsp3) is 0.250. The van der Waals surface area contributed by atoms with Crippen molar-refractivity contribution in [3.8, 4) is 11.3 Å². The first kappa shape index (κ1) is 9.73. The summed E-state index contributed by atoms with van der Waals surface area (Å²) in [6, 6.07) is 0. The molecule has 4 nitrogen and oxygen atoms in total. The number of rotatable bonds is 2. The van der Waals surface area contributed by atoms with E-state index in [2.05, 4.69) is 26.0 Å². The fourth-order valence-electron chi connectivity index (χ4n) is 1.16. The molecule has 0 fully saturated rings. The molecule has 14 heavy (non-hydrogen) atoms. The number of alkyl halides is 1. The van der Waals surface area contributed by atoms with Gasteiger partial charge in [-0.3, -0.25) is 4.68 Å². The van der Waals surface area contributed by atoms with Gasteiger partial charge in [-0.15, -0.1) is 11.6 Å². The fourth-order valence-corrected chi connectivity index (χ4v) is 1.72. The van der Waals surface area contributed by atoms with Crippen molar-refractivity contribution in [2.45, 2.75) is 5.88 Å². The Bertz CT molecular complexity index is 451. The summed E-state index contributed by atoms with van der Waals surface area (Å²) < 4.78 is 7.81. The lowest BCUT2D eigenvalue weighted by molar-refractivity contribution is 0.571. The number of halogens is 2. The molecule has 0 spiro atoms. The second-order valence-corrected chi connectivity index (χ2v) is 3.75. The van der Waals surface area contributed by atoms with E-state index in [1.165, 1.54) is 6.39 Å². The van der Waals surface area contributed by atoms with Crippen molar-refractivity contribution < 1.29 is 4.42 Å². The van der Waals surface area contributed by atoms with Crippen LogP contribution in [0.1, 0.15) is 5.69 Å². The molecule has 0 aromatic carbocycles. The maximum absolute atomic E-state index is 5.72. The topological polar surface area (TPSA) is 43.9 Å². The first-order valence-corrected chi connectivity index (χ1v) is 5.23. The van der Waals surface area contributed by atoms with Gasteiger partial charge in [0.1, 0.15) is 10.3 Å². The average Bonchev–Trinajstić information content (AvgIpc) is 2.75. The van der Waals surface area contributed by atoms with Gasteiger partial charge in [0.25, 0.3) is 0 Å². The summed E-state index contributed by atoms with van der Waals surface area (Å²) in [5, 5.41) is 4.09. The van der Waals surface area contributed by atoms with Crippen LogP contribution < -0.4 is 0 Å². The van der Waals surface area contributed by atoms with E-state index in [1.54, 1.807) is 10.9 Å². The van der Waals surface area contributed by atoms with Gasteiger partial charge >= 0.3 is 0 Å². The van der Waals surface area contributed by atoms with E-state index in [1.807, 2.05) is 7.05 Å². The Hall–Kier alpha value is -0.810. The summed E-state index contributed by atoms with van der Waals surface area (Å²) in [4.78, 5) is 4.00. The second-order valence-electron chi connectivity index (χ2n) is 2.73. The standard InChI is InChI=1S/C8H7BrClN3O/c1-13-8(9)5(3-12-13)7-6(2-10)11-4-14-7/h3-4H,2H2,1H3. The molecule has 2 heterocycles. The summed E-state index contributed by atoms with van der Waals surface area (Å²) in [6.07, 6.45) is 3.09. The number of oxazole rings is 1.